The summed E-state index contributed by atoms with van der Waals surface area (Å²) in [5, 5.41) is 6.75. The van der Waals surface area contributed by atoms with E-state index in [1.807, 2.05) is 41.8 Å². The van der Waals surface area contributed by atoms with Gasteiger partial charge in [0.1, 0.15) is 5.69 Å². The van der Waals surface area contributed by atoms with E-state index in [0.29, 0.717) is 24.5 Å². The number of carbonyl (C=O) groups excluding carboxylic acids is 2. The van der Waals surface area contributed by atoms with Crippen molar-refractivity contribution >= 4 is 28.4 Å². The molecule has 0 bridgehead atoms. The Hall–Kier alpha value is -3.22. The maximum atomic E-state index is 13.0. The number of nitrogens with one attached hydrogen (secondary N) is 2. The van der Waals surface area contributed by atoms with E-state index < -0.39 is 0 Å². The molecule has 0 unspecified atom stereocenters. The first-order chi connectivity index (χ1) is 13.7. The van der Waals surface area contributed by atoms with Gasteiger partial charge in [-0.15, -0.1) is 0 Å². The molecule has 3 aromatic rings. The predicted octanol–water partition coefficient (Wildman–Crippen LogP) is 3.16. The molecule has 2 aromatic heterocycles. The number of pyridine rings is 1. The van der Waals surface area contributed by atoms with E-state index in [2.05, 4.69) is 20.6 Å². The molecule has 1 aromatic carbocycles. The van der Waals surface area contributed by atoms with Crippen LogP contribution in [0.25, 0.3) is 10.9 Å². The van der Waals surface area contributed by atoms with Gasteiger partial charge in [0.25, 0.3) is 11.8 Å². The topological polar surface area (TPSA) is 88.9 Å². The second kappa shape index (κ2) is 7.80. The molecule has 144 valence electrons. The number of nitrogens with zero attached hydrogens (tertiary/aromatic N) is 3. The number of fused-ring (bicyclic) bond motifs is 2. The summed E-state index contributed by atoms with van der Waals surface area (Å²) in [6, 6.07) is 9.46. The molecule has 1 aliphatic rings. The minimum Gasteiger partial charge on any atom is -0.351 e. The van der Waals surface area contributed by atoms with Crippen LogP contribution in [0.5, 0.6) is 0 Å². The minimum atomic E-state index is -0.323. The van der Waals surface area contributed by atoms with E-state index in [4.69, 9.17) is 0 Å². The van der Waals surface area contributed by atoms with Crippen molar-refractivity contribution in [2.24, 2.45) is 0 Å². The number of imidazole rings is 1. The maximum Gasteiger partial charge on any atom is 0.291 e. The molecular weight excluding hydrogens is 354 g/mol. The lowest BCUT2D eigenvalue weighted by Crippen LogP contribution is -2.26. The van der Waals surface area contributed by atoms with E-state index in [9.17, 15) is 9.59 Å². The normalized spacial score (nSPS) is 13.2. The molecule has 0 atom stereocenters. The highest BCUT2D eigenvalue weighted by molar-refractivity contribution is 6.07. The Morgan fingerprint density at radius 1 is 1.14 bits per heavy atom. The van der Waals surface area contributed by atoms with Crippen LogP contribution in [-0.2, 0) is 13.0 Å². The molecule has 7 nitrogen and oxygen atoms in total. The second-order valence-electron chi connectivity index (χ2n) is 6.93. The fourth-order valence-electron chi connectivity index (χ4n) is 3.60. The Morgan fingerprint density at radius 2 is 2.00 bits per heavy atom. The molecular formula is C21H23N5O2. The number of carbonyl (C=O) groups is 2. The Balaban J connectivity index is 1.67. The smallest absolute Gasteiger partial charge is 0.291 e. The van der Waals surface area contributed by atoms with Crippen LogP contribution < -0.4 is 10.6 Å². The molecule has 0 aliphatic carbocycles. The molecule has 7 heteroatoms. The largest absolute Gasteiger partial charge is 0.351 e. The third kappa shape index (κ3) is 3.35. The van der Waals surface area contributed by atoms with Gasteiger partial charge in [0.05, 0.1) is 16.9 Å². The summed E-state index contributed by atoms with van der Waals surface area (Å²) in [6.07, 6.45) is 5.27. The minimum absolute atomic E-state index is 0.210. The molecule has 0 radical (unpaired) electrons. The summed E-state index contributed by atoms with van der Waals surface area (Å²) in [5.41, 5.74) is 2.58. The SMILES string of the molecule is CCCNC(=O)c1nc(C(=O)Nc2cccc3cccnc23)n2c1CCCC2. The molecule has 0 spiro atoms. The van der Waals surface area contributed by atoms with Crippen LogP contribution in [0.4, 0.5) is 5.69 Å². The Bertz CT molecular complexity index is 1040. The van der Waals surface area contributed by atoms with Gasteiger partial charge in [0.2, 0.25) is 0 Å². The summed E-state index contributed by atoms with van der Waals surface area (Å²) in [4.78, 5) is 34.4. The van der Waals surface area contributed by atoms with Crippen LogP contribution in [0.3, 0.4) is 0 Å². The summed E-state index contributed by atoms with van der Waals surface area (Å²) >= 11 is 0. The van der Waals surface area contributed by atoms with E-state index in [0.717, 1.165) is 42.3 Å². The van der Waals surface area contributed by atoms with Gasteiger partial charge in [-0.1, -0.05) is 25.1 Å². The predicted molar refractivity (Wildman–Crippen MR) is 107 cm³/mol. The van der Waals surface area contributed by atoms with Gasteiger partial charge in [0.15, 0.2) is 5.82 Å². The molecule has 4 rings (SSSR count). The Kier molecular flexibility index (Phi) is 5.06. The van der Waals surface area contributed by atoms with Crippen LogP contribution in [-0.4, -0.2) is 32.9 Å². The lowest BCUT2D eigenvalue weighted by Gasteiger charge is -2.17. The molecule has 0 saturated carbocycles. The van der Waals surface area contributed by atoms with Crippen LogP contribution >= 0.6 is 0 Å². The number of hydrogen-bond acceptors (Lipinski definition) is 4. The second-order valence-corrected chi connectivity index (χ2v) is 6.93. The van der Waals surface area contributed by atoms with E-state index >= 15 is 0 Å². The standard InChI is InChI=1S/C21H23N5O2/c1-2-11-23-20(27)18-16-10-3-4-13-26(16)19(25-18)21(28)24-15-9-5-7-14-8-6-12-22-17(14)15/h5-9,12H,2-4,10-11,13H2,1H3,(H,23,27)(H,24,28). The van der Waals surface area contributed by atoms with Crippen LogP contribution in [0.15, 0.2) is 36.5 Å². The summed E-state index contributed by atoms with van der Waals surface area (Å²) < 4.78 is 1.89. The molecule has 0 fully saturated rings. The molecule has 2 amide bonds. The zero-order valence-corrected chi connectivity index (χ0v) is 15.9. The van der Waals surface area contributed by atoms with Gasteiger partial charge in [-0.3, -0.25) is 14.6 Å². The average Bonchev–Trinajstić information content (AvgIpc) is 3.12. The van der Waals surface area contributed by atoms with Crippen molar-refractivity contribution in [3.8, 4) is 0 Å². The first kappa shape index (κ1) is 18.2. The van der Waals surface area contributed by atoms with Crippen molar-refractivity contribution in [2.75, 3.05) is 11.9 Å². The first-order valence-electron chi connectivity index (χ1n) is 9.71. The van der Waals surface area contributed by atoms with E-state index in [1.165, 1.54) is 0 Å². The van der Waals surface area contributed by atoms with Gasteiger partial charge in [-0.05, 0) is 37.8 Å². The van der Waals surface area contributed by atoms with Gasteiger partial charge in [-0.25, -0.2) is 4.98 Å². The third-order valence-corrected chi connectivity index (χ3v) is 4.95. The van der Waals surface area contributed by atoms with Crippen molar-refractivity contribution in [3.05, 3.63) is 53.7 Å². The lowest BCUT2D eigenvalue weighted by atomic mass is 10.1. The van der Waals surface area contributed by atoms with Crippen molar-refractivity contribution in [2.45, 2.75) is 39.2 Å². The van der Waals surface area contributed by atoms with Gasteiger partial charge >= 0.3 is 0 Å². The highest BCUT2D eigenvalue weighted by Gasteiger charge is 2.27. The molecule has 2 N–H and O–H groups in total. The number of rotatable bonds is 5. The van der Waals surface area contributed by atoms with Crippen LogP contribution in [0, 0.1) is 0 Å². The number of aromatic nitrogens is 3. The van der Waals surface area contributed by atoms with Gasteiger partial charge in [0, 0.05) is 24.7 Å². The zero-order chi connectivity index (χ0) is 19.5. The lowest BCUT2D eigenvalue weighted by molar-refractivity contribution is 0.0947. The summed E-state index contributed by atoms with van der Waals surface area (Å²) in [5.74, 6) is -0.251. The fourth-order valence-corrected chi connectivity index (χ4v) is 3.60. The van der Waals surface area contributed by atoms with Crippen molar-refractivity contribution in [1.82, 2.24) is 19.9 Å². The number of anilines is 1. The molecule has 28 heavy (non-hydrogen) atoms. The Morgan fingerprint density at radius 3 is 2.86 bits per heavy atom. The van der Waals surface area contributed by atoms with E-state index in [-0.39, 0.29) is 17.6 Å². The number of hydrogen-bond donors (Lipinski definition) is 2. The highest BCUT2D eigenvalue weighted by Crippen LogP contribution is 2.24. The summed E-state index contributed by atoms with van der Waals surface area (Å²) in [6.45, 7) is 3.29. The number of amides is 2. The fraction of sp³-hybridized carbons (Fsp3) is 0.333. The van der Waals surface area contributed by atoms with Gasteiger partial charge < -0.3 is 15.2 Å². The molecule has 3 heterocycles. The average molecular weight is 377 g/mol. The maximum absolute atomic E-state index is 13.0. The molecule has 0 saturated heterocycles. The van der Waals surface area contributed by atoms with Gasteiger partial charge in [-0.2, -0.15) is 0 Å². The Labute approximate surface area is 163 Å². The third-order valence-electron chi connectivity index (χ3n) is 4.95. The van der Waals surface area contributed by atoms with Crippen molar-refractivity contribution in [1.29, 1.82) is 0 Å². The molecule has 1 aliphatic heterocycles. The van der Waals surface area contributed by atoms with E-state index in [1.54, 1.807) is 6.20 Å². The number of benzene rings is 1. The van der Waals surface area contributed by atoms with Crippen molar-refractivity contribution < 1.29 is 9.59 Å². The first-order valence-corrected chi connectivity index (χ1v) is 9.71. The zero-order valence-electron chi connectivity index (χ0n) is 15.9. The monoisotopic (exact) mass is 377 g/mol. The van der Waals surface area contributed by atoms with Crippen molar-refractivity contribution in [3.63, 3.8) is 0 Å². The highest BCUT2D eigenvalue weighted by atomic mass is 16.2. The summed E-state index contributed by atoms with van der Waals surface area (Å²) in [7, 11) is 0. The quantitative estimate of drug-likeness (QED) is 0.715. The number of para-hydroxylation sites is 1. The van der Waals surface area contributed by atoms with Crippen LogP contribution in [0.2, 0.25) is 0 Å². The van der Waals surface area contributed by atoms with Crippen LogP contribution in [0.1, 0.15) is 53.0 Å².